The molecule has 1 aliphatic rings. The molecule has 7 nitrogen and oxygen atoms in total. The van der Waals surface area contributed by atoms with Gasteiger partial charge in [-0.1, -0.05) is 41.9 Å². The summed E-state index contributed by atoms with van der Waals surface area (Å²) in [6.07, 6.45) is 0. The molecular formula is C23H24ClN3O4. The SMILES string of the molecule is CCOC(=O)CNC(=O)C1=C(O)c2cccc(-c3ccc(Cl)cc3)c2CN1N=C(C)C. The maximum absolute atomic E-state index is 12.8. The molecule has 1 amide bonds. The largest absolute Gasteiger partial charge is 0.505 e. The lowest BCUT2D eigenvalue weighted by atomic mass is 9.91. The number of amides is 1. The minimum atomic E-state index is -0.613. The number of hydrogen-bond donors (Lipinski definition) is 2. The van der Waals surface area contributed by atoms with Crippen molar-refractivity contribution in [1.82, 2.24) is 10.3 Å². The second-order valence-corrected chi connectivity index (χ2v) is 7.56. The van der Waals surface area contributed by atoms with Gasteiger partial charge in [-0.2, -0.15) is 5.10 Å². The highest BCUT2D eigenvalue weighted by Gasteiger charge is 2.31. The summed E-state index contributed by atoms with van der Waals surface area (Å²) < 4.78 is 4.84. The molecule has 0 spiro atoms. The normalized spacial score (nSPS) is 12.8. The Kier molecular flexibility index (Phi) is 6.97. The number of aliphatic hydroxyl groups is 1. The molecule has 3 rings (SSSR count). The van der Waals surface area contributed by atoms with E-state index < -0.39 is 11.9 Å². The highest BCUT2D eigenvalue weighted by Crippen LogP contribution is 2.37. The van der Waals surface area contributed by atoms with Gasteiger partial charge in [0.05, 0.1) is 13.2 Å². The van der Waals surface area contributed by atoms with E-state index >= 15 is 0 Å². The Bertz CT molecular complexity index is 1060. The molecule has 0 radical (unpaired) electrons. The number of nitrogens with one attached hydrogen (secondary N) is 1. The van der Waals surface area contributed by atoms with Crippen molar-refractivity contribution in [3.8, 4) is 11.1 Å². The van der Waals surface area contributed by atoms with Gasteiger partial charge in [0.15, 0.2) is 11.5 Å². The second-order valence-electron chi connectivity index (χ2n) is 7.13. The second kappa shape index (κ2) is 9.66. The molecule has 1 aliphatic heterocycles. The number of aliphatic hydroxyl groups excluding tert-OH is 1. The Morgan fingerprint density at radius 3 is 2.48 bits per heavy atom. The number of benzene rings is 2. The average Bonchev–Trinajstić information content (AvgIpc) is 2.72. The predicted octanol–water partition coefficient (Wildman–Crippen LogP) is 4.12. The first-order valence-corrected chi connectivity index (χ1v) is 10.2. The van der Waals surface area contributed by atoms with Crippen molar-refractivity contribution < 1.29 is 19.4 Å². The van der Waals surface area contributed by atoms with Crippen LogP contribution in [0.15, 0.2) is 53.3 Å². The van der Waals surface area contributed by atoms with Crippen LogP contribution in [-0.2, 0) is 20.9 Å². The number of esters is 1. The molecule has 0 aromatic heterocycles. The zero-order chi connectivity index (χ0) is 22.5. The molecule has 162 valence electrons. The van der Waals surface area contributed by atoms with Gasteiger partial charge >= 0.3 is 5.97 Å². The van der Waals surface area contributed by atoms with Crippen molar-refractivity contribution >= 4 is 34.9 Å². The van der Waals surface area contributed by atoms with Crippen molar-refractivity contribution in [3.05, 3.63) is 64.3 Å². The Labute approximate surface area is 186 Å². The Morgan fingerprint density at radius 2 is 1.84 bits per heavy atom. The van der Waals surface area contributed by atoms with Crippen LogP contribution in [-0.4, -0.2) is 40.9 Å². The molecule has 0 aliphatic carbocycles. The lowest BCUT2D eigenvalue weighted by molar-refractivity contribution is -0.143. The van der Waals surface area contributed by atoms with Crippen molar-refractivity contribution in [1.29, 1.82) is 0 Å². The Hall–Kier alpha value is -3.32. The molecule has 2 aromatic carbocycles. The fourth-order valence-electron chi connectivity index (χ4n) is 3.36. The minimum absolute atomic E-state index is 0.0220. The maximum atomic E-state index is 12.8. The molecule has 0 saturated heterocycles. The highest BCUT2D eigenvalue weighted by molar-refractivity contribution is 6.30. The summed E-state index contributed by atoms with van der Waals surface area (Å²) >= 11 is 6.02. The molecule has 8 heteroatoms. The van der Waals surface area contributed by atoms with E-state index in [4.69, 9.17) is 16.3 Å². The van der Waals surface area contributed by atoms with E-state index in [-0.39, 0.29) is 31.2 Å². The van der Waals surface area contributed by atoms with Crippen LogP contribution in [0.25, 0.3) is 16.9 Å². The van der Waals surface area contributed by atoms with Crippen LogP contribution >= 0.6 is 11.6 Å². The van der Waals surface area contributed by atoms with Gasteiger partial charge in [-0.15, -0.1) is 0 Å². The van der Waals surface area contributed by atoms with E-state index in [1.165, 1.54) is 5.01 Å². The molecule has 0 saturated carbocycles. The Morgan fingerprint density at radius 1 is 1.16 bits per heavy atom. The first-order chi connectivity index (χ1) is 14.8. The predicted molar refractivity (Wildman–Crippen MR) is 120 cm³/mol. The van der Waals surface area contributed by atoms with Crippen molar-refractivity contribution in [2.45, 2.75) is 27.3 Å². The number of carbonyl (C=O) groups excluding carboxylic acids is 2. The molecule has 0 bridgehead atoms. The maximum Gasteiger partial charge on any atom is 0.325 e. The van der Waals surface area contributed by atoms with Gasteiger partial charge in [0.25, 0.3) is 5.91 Å². The molecule has 0 unspecified atom stereocenters. The van der Waals surface area contributed by atoms with E-state index in [1.54, 1.807) is 39.0 Å². The minimum Gasteiger partial charge on any atom is -0.505 e. The molecule has 31 heavy (non-hydrogen) atoms. The molecular weight excluding hydrogens is 418 g/mol. The van der Waals surface area contributed by atoms with Gasteiger partial charge in [-0.05, 0) is 49.6 Å². The number of hydrazone groups is 1. The zero-order valence-electron chi connectivity index (χ0n) is 17.6. The Balaban J connectivity index is 2.05. The summed E-state index contributed by atoms with van der Waals surface area (Å²) in [5.41, 5.74) is 3.88. The molecule has 0 fully saturated rings. The van der Waals surface area contributed by atoms with E-state index in [1.807, 2.05) is 24.3 Å². The number of fused-ring (bicyclic) bond motifs is 1. The van der Waals surface area contributed by atoms with Gasteiger partial charge in [0, 0.05) is 16.3 Å². The van der Waals surface area contributed by atoms with Crippen LogP contribution < -0.4 is 5.32 Å². The van der Waals surface area contributed by atoms with Gasteiger partial charge in [0.1, 0.15) is 6.54 Å². The lowest BCUT2D eigenvalue weighted by Crippen LogP contribution is -2.38. The fourth-order valence-corrected chi connectivity index (χ4v) is 3.48. The summed E-state index contributed by atoms with van der Waals surface area (Å²) in [4.78, 5) is 24.5. The van der Waals surface area contributed by atoms with E-state index in [0.29, 0.717) is 16.3 Å². The van der Waals surface area contributed by atoms with E-state index in [9.17, 15) is 14.7 Å². The van der Waals surface area contributed by atoms with Crippen molar-refractivity contribution in [3.63, 3.8) is 0 Å². The lowest BCUT2D eigenvalue weighted by Gasteiger charge is -2.30. The number of halogens is 1. The molecule has 0 atom stereocenters. The summed E-state index contributed by atoms with van der Waals surface area (Å²) in [6, 6.07) is 12.9. The van der Waals surface area contributed by atoms with Crippen LogP contribution in [0.5, 0.6) is 0 Å². The zero-order valence-corrected chi connectivity index (χ0v) is 18.4. The van der Waals surface area contributed by atoms with Crippen LogP contribution in [0.4, 0.5) is 0 Å². The highest BCUT2D eigenvalue weighted by atomic mass is 35.5. The van der Waals surface area contributed by atoms with Gasteiger partial charge in [-0.3, -0.25) is 14.6 Å². The summed E-state index contributed by atoms with van der Waals surface area (Å²) in [6.45, 7) is 5.47. The van der Waals surface area contributed by atoms with Crippen molar-refractivity contribution in [2.24, 2.45) is 5.10 Å². The third-order valence-electron chi connectivity index (χ3n) is 4.61. The summed E-state index contributed by atoms with van der Waals surface area (Å²) in [7, 11) is 0. The first-order valence-electron chi connectivity index (χ1n) is 9.86. The smallest absolute Gasteiger partial charge is 0.325 e. The van der Waals surface area contributed by atoms with Gasteiger partial charge in [-0.25, -0.2) is 0 Å². The van der Waals surface area contributed by atoms with Crippen LogP contribution in [0.3, 0.4) is 0 Å². The van der Waals surface area contributed by atoms with Crippen molar-refractivity contribution in [2.75, 3.05) is 13.2 Å². The monoisotopic (exact) mass is 441 g/mol. The first kappa shape index (κ1) is 22.4. The van der Waals surface area contributed by atoms with Crippen LogP contribution in [0, 0.1) is 0 Å². The number of nitrogens with zero attached hydrogens (tertiary/aromatic N) is 2. The molecule has 2 N–H and O–H groups in total. The van der Waals surface area contributed by atoms with E-state index in [0.717, 1.165) is 16.7 Å². The quantitative estimate of drug-likeness (QED) is 0.519. The van der Waals surface area contributed by atoms with Crippen LogP contribution in [0.1, 0.15) is 31.9 Å². The van der Waals surface area contributed by atoms with Crippen LogP contribution in [0.2, 0.25) is 5.02 Å². The third-order valence-corrected chi connectivity index (χ3v) is 4.86. The number of rotatable bonds is 6. The third kappa shape index (κ3) is 5.06. The number of carbonyl (C=O) groups is 2. The number of hydrogen-bond acceptors (Lipinski definition) is 6. The average molecular weight is 442 g/mol. The number of ether oxygens (including phenoxy) is 1. The fraction of sp³-hybridized carbons (Fsp3) is 0.261. The van der Waals surface area contributed by atoms with Gasteiger partial charge in [0.2, 0.25) is 0 Å². The molecule has 1 heterocycles. The summed E-state index contributed by atoms with van der Waals surface area (Å²) in [5.74, 6) is -1.37. The summed E-state index contributed by atoms with van der Waals surface area (Å²) in [5, 5.41) is 20.0. The topological polar surface area (TPSA) is 91.2 Å². The molecule has 2 aromatic rings. The van der Waals surface area contributed by atoms with Gasteiger partial charge < -0.3 is 15.2 Å². The van der Waals surface area contributed by atoms with E-state index in [2.05, 4.69) is 10.4 Å². The standard InChI is InChI=1S/C23H24ClN3O4/c1-4-31-20(28)12-25-23(30)21-22(29)18-7-5-6-17(15-8-10-16(24)11-9-15)19(18)13-27(21)26-14(2)3/h5-11,29H,4,12-13H2,1-3H3,(H,25,30).